The zero-order valence-corrected chi connectivity index (χ0v) is 16.9. The Balaban J connectivity index is 1.86. The Morgan fingerprint density at radius 3 is 2.67 bits per heavy atom. The number of aliphatic hydroxyl groups is 3. The van der Waals surface area contributed by atoms with Gasteiger partial charge in [-0.1, -0.05) is 18.6 Å². The minimum atomic E-state index is -1.60. The van der Waals surface area contributed by atoms with Gasteiger partial charge < -0.3 is 30.7 Å². The third-order valence-corrected chi connectivity index (χ3v) is 4.76. The topological polar surface area (TPSA) is 159 Å². The van der Waals surface area contributed by atoms with Crippen LogP contribution in [-0.4, -0.2) is 92.4 Å². The van der Waals surface area contributed by atoms with Crippen molar-refractivity contribution >= 4 is 11.8 Å². The average Bonchev–Trinajstić information content (AvgIpc) is 3.17. The lowest BCUT2D eigenvalue weighted by molar-refractivity contribution is -0.219. The summed E-state index contributed by atoms with van der Waals surface area (Å²) in [5.74, 6) is -1.06. The maximum Gasteiger partial charge on any atom is 0.251 e. The van der Waals surface area contributed by atoms with Crippen LogP contribution < -0.4 is 10.6 Å². The van der Waals surface area contributed by atoms with Gasteiger partial charge in [-0.2, -0.15) is 0 Å². The zero-order chi connectivity index (χ0) is 22.1. The van der Waals surface area contributed by atoms with Crippen LogP contribution in [0.3, 0.4) is 0 Å². The summed E-state index contributed by atoms with van der Waals surface area (Å²) in [4.78, 5) is 24.4. The number of amides is 2. The zero-order valence-electron chi connectivity index (χ0n) is 16.9. The van der Waals surface area contributed by atoms with E-state index in [0.717, 1.165) is 12.8 Å². The summed E-state index contributed by atoms with van der Waals surface area (Å²) in [6, 6.07) is 0. The second-order valence-corrected chi connectivity index (χ2v) is 7.22. The van der Waals surface area contributed by atoms with E-state index in [2.05, 4.69) is 20.9 Å². The Labute approximate surface area is 173 Å². The largest absolute Gasteiger partial charge is 0.388 e. The molecule has 170 valence electrons. The molecule has 5 N–H and O–H groups in total. The summed E-state index contributed by atoms with van der Waals surface area (Å²) in [7, 11) is 0. The van der Waals surface area contributed by atoms with Crippen molar-refractivity contribution in [3.05, 3.63) is 11.9 Å². The molecule has 3 unspecified atom stereocenters. The van der Waals surface area contributed by atoms with Gasteiger partial charge in [-0.3, -0.25) is 14.0 Å². The summed E-state index contributed by atoms with van der Waals surface area (Å²) in [5, 5.41) is 43.0. The molecule has 1 fully saturated rings. The number of ether oxygens (including phenoxy) is 1. The van der Waals surface area contributed by atoms with E-state index >= 15 is 0 Å². The maximum absolute atomic E-state index is 12.2. The van der Waals surface area contributed by atoms with Crippen LogP contribution in [0, 0.1) is 0 Å². The number of unbranched alkanes of at least 4 members (excludes halogenated alkanes) is 1. The highest BCUT2D eigenvalue weighted by atomic mass is 19.1. The van der Waals surface area contributed by atoms with Crippen LogP contribution in [0.2, 0.25) is 0 Å². The van der Waals surface area contributed by atoms with Crippen molar-refractivity contribution in [1.29, 1.82) is 0 Å². The van der Waals surface area contributed by atoms with E-state index < -0.39 is 49.0 Å². The van der Waals surface area contributed by atoms with Crippen molar-refractivity contribution < 1.29 is 34.0 Å². The van der Waals surface area contributed by atoms with Crippen molar-refractivity contribution in [3.63, 3.8) is 0 Å². The van der Waals surface area contributed by atoms with Crippen LogP contribution in [0.1, 0.15) is 31.9 Å². The van der Waals surface area contributed by atoms with Crippen molar-refractivity contribution in [2.24, 2.45) is 0 Å². The summed E-state index contributed by atoms with van der Waals surface area (Å²) in [5.41, 5.74) is 0.570. The van der Waals surface area contributed by atoms with E-state index in [0.29, 0.717) is 25.1 Å². The van der Waals surface area contributed by atoms with Gasteiger partial charge in [0.1, 0.15) is 31.0 Å². The lowest BCUT2D eigenvalue weighted by Crippen LogP contribution is -2.63. The maximum atomic E-state index is 12.2. The van der Waals surface area contributed by atoms with Gasteiger partial charge in [0.05, 0.1) is 12.4 Å². The number of carbonyl (C=O) groups is 2. The summed E-state index contributed by atoms with van der Waals surface area (Å²) < 4.78 is 19.0. The minimum absolute atomic E-state index is 0.155. The normalized spacial score (nSPS) is 26.4. The molecule has 30 heavy (non-hydrogen) atoms. The molecule has 5 atom stereocenters. The predicted octanol–water partition coefficient (Wildman–Crippen LogP) is -1.94. The molecule has 2 amide bonds. The van der Waals surface area contributed by atoms with Crippen LogP contribution in [-0.2, 0) is 27.3 Å². The molecule has 2 rings (SSSR count). The number of aromatic nitrogens is 3. The lowest BCUT2D eigenvalue weighted by Gasteiger charge is -2.39. The quantitative estimate of drug-likeness (QED) is 0.253. The van der Waals surface area contributed by atoms with Crippen molar-refractivity contribution in [3.8, 4) is 0 Å². The fourth-order valence-corrected chi connectivity index (χ4v) is 3.02. The molecule has 2 heterocycles. The number of carbonyl (C=O) groups excluding carboxylic acids is 2. The molecule has 0 spiro atoms. The molecular formula is C18H30FN5O6. The number of hydrogen-bond acceptors (Lipinski definition) is 8. The number of aliphatic hydroxyl groups excluding tert-OH is 3. The van der Waals surface area contributed by atoms with Crippen LogP contribution in [0.4, 0.5) is 4.39 Å². The SMILES string of the molecule is CCCCNC(=O)C1O[C@H](CNC(=O)Cn2cc(CCCF)nn2)C(O)C(O)[C@@H]1O. The van der Waals surface area contributed by atoms with E-state index in [1.54, 1.807) is 0 Å². The molecule has 12 heteroatoms. The van der Waals surface area contributed by atoms with E-state index in [1.165, 1.54) is 10.9 Å². The van der Waals surface area contributed by atoms with Crippen molar-refractivity contribution in [1.82, 2.24) is 25.6 Å². The molecule has 1 aliphatic rings. The number of rotatable bonds is 11. The molecule has 0 saturated carbocycles. The first kappa shape index (κ1) is 24.1. The molecule has 0 radical (unpaired) electrons. The van der Waals surface area contributed by atoms with E-state index in [4.69, 9.17) is 4.74 Å². The van der Waals surface area contributed by atoms with Gasteiger partial charge in [-0.05, 0) is 19.3 Å². The van der Waals surface area contributed by atoms with Gasteiger partial charge in [0.25, 0.3) is 5.91 Å². The molecular weight excluding hydrogens is 401 g/mol. The number of aryl methyl sites for hydroxylation is 1. The monoisotopic (exact) mass is 431 g/mol. The molecule has 0 aliphatic carbocycles. The van der Waals surface area contributed by atoms with Crippen LogP contribution in [0.25, 0.3) is 0 Å². The Kier molecular flexibility index (Phi) is 9.56. The lowest BCUT2D eigenvalue weighted by atomic mass is 9.94. The number of nitrogens with zero attached hydrogens (tertiary/aromatic N) is 3. The van der Waals surface area contributed by atoms with E-state index in [1.807, 2.05) is 6.92 Å². The fourth-order valence-electron chi connectivity index (χ4n) is 3.02. The molecule has 1 aromatic rings. The van der Waals surface area contributed by atoms with Crippen LogP contribution in [0.15, 0.2) is 6.20 Å². The Morgan fingerprint density at radius 2 is 1.97 bits per heavy atom. The third kappa shape index (κ3) is 6.69. The third-order valence-electron chi connectivity index (χ3n) is 4.76. The van der Waals surface area contributed by atoms with Crippen molar-refractivity contribution in [2.75, 3.05) is 19.8 Å². The first-order valence-electron chi connectivity index (χ1n) is 10.1. The second-order valence-electron chi connectivity index (χ2n) is 7.22. The first-order chi connectivity index (χ1) is 14.4. The summed E-state index contributed by atoms with van der Waals surface area (Å²) in [6.07, 6.45) is -3.24. The van der Waals surface area contributed by atoms with Crippen LogP contribution >= 0.6 is 0 Å². The molecule has 1 aromatic heterocycles. The standard InChI is InChI=1S/C18H30FN5O6/c1-2-3-7-20-18(29)17-16(28)15(27)14(26)12(30-17)8-21-13(25)10-24-9-11(22-23-24)5-4-6-19/h9,12,14-17,26-28H,2-8,10H2,1H3,(H,20,29)(H,21,25)/t12-,14?,15?,16+,17?/m1/s1. The smallest absolute Gasteiger partial charge is 0.251 e. The Bertz CT molecular complexity index is 690. The Morgan fingerprint density at radius 1 is 1.20 bits per heavy atom. The highest BCUT2D eigenvalue weighted by Crippen LogP contribution is 2.21. The van der Waals surface area contributed by atoms with E-state index in [-0.39, 0.29) is 13.1 Å². The number of nitrogens with one attached hydrogen (secondary N) is 2. The molecule has 1 saturated heterocycles. The van der Waals surface area contributed by atoms with Gasteiger partial charge in [0.2, 0.25) is 5.91 Å². The van der Waals surface area contributed by atoms with Gasteiger partial charge in [0.15, 0.2) is 6.10 Å². The molecule has 0 bridgehead atoms. The first-order valence-corrected chi connectivity index (χ1v) is 10.1. The second kappa shape index (κ2) is 11.9. The highest BCUT2D eigenvalue weighted by molar-refractivity contribution is 5.81. The highest BCUT2D eigenvalue weighted by Gasteiger charge is 2.46. The predicted molar refractivity (Wildman–Crippen MR) is 102 cm³/mol. The number of hydrogen-bond donors (Lipinski definition) is 5. The summed E-state index contributed by atoms with van der Waals surface area (Å²) in [6.45, 7) is 1.55. The van der Waals surface area contributed by atoms with Gasteiger partial charge >= 0.3 is 0 Å². The number of alkyl halides is 1. The van der Waals surface area contributed by atoms with E-state index in [9.17, 15) is 29.3 Å². The molecule has 11 nitrogen and oxygen atoms in total. The van der Waals surface area contributed by atoms with Crippen LogP contribution in [0.5, 0.6) is 0 Å². The molecule has 0 aromatic carbocycles. The van der Waals surface area contributed by atoms with Crippen molar-refractivity contribution in [2.45, 2.75) is 69.7 Å². The van der Waals surface area contributed by atoms with Gasteiger partial charge in [0, 0.05) is 19.3 Å². The van der Waals surface area contributed by atoms with Gasteiger partial charge in [-0.15, -0.1) is 5.10 Å². The number of halogens is 1. The average molecular weight is 431 g/mol. The minimum Gasteiger partial charge on any atom is -0.388 e. The van der Waals surface area contributed by atoms with Gasteiger partial charge in [-0.25, -0.2) is 4.68 Å². The molecule has 1 aliphatic heterocycles. The Hall–Kier alpha value is -2.15. The summed E-state index contributed by atoms with van der Waals surface area (Å²) >= 11 is 0. The fraction of sp³-hybridized carbons (Fsp3) is 0.778.